The molecule has 0 heterocycles. The molecule has 0 radical (unpaired) electrons. The summed E-state index contributed by atoms with van der Waals surface area (Å²) in [6, 6.07) is 4.17. The topological polar surface area (TPSA) is 55.8 Å². The van der Waals surface area contributed by atoms with Crippen LogP contribution in [0.25, 0.3) is 0 Å². The van der Waals surface area contributed by atoms with E-state index in [1.807, 2.05) is 0 Å². The molecule has 0 aromatic heterocycles. The van der Waals surface area contributed by atoms with Crippen LogP contribution in [-0.4, -0.2) is 28.9 Å². The van der Waals surface area contributed by atoms with E-state index in [0.29, 0.717) is 4.47 Å². The Kier molecular flexibility index (Phi) is 5.15. The Balaban J connectivity index is 2.67. The van der Waals surface area contributed by atoms with E-state index in [9.17, 15) is 14.3 Å². The van der Waals surface area contributed by atoms with Crippen molar-refractivity contribution in [3.63, 3.8) is 0 Å². The number of carbonyl (C=O) groups excluding carboxylic acids is 1. The zero-order chi connectivity index (χ0) is 15.6. The molecule has 1 N–H and O–H groups in total. The Morgan fingerprint density at radius 1 is 1.35 bits per heavy atom. The van der Waals surface area contributed by atoms with Gasteiger partial charge in [-0.2, -0.15) is 0 Å². The molecular weight excluding hydrogens is 331 g/mol. The number of aliphatic hydroxyl groups is 1. The molecule has 0 fully saturated rings. The minimum absolute atomic E-state index is 0.217. The molecule has 112 valence electrons. The first-order valence-electron chi connectivity index (χ1n) is 6.05. The van der Waals surface area contributed by atoms with Crippen molar-refractivity contribution in [2.75, 3.05) is 6.61 Å². The van der Waals surface area contributed by atoms with Crippen LogP contribution in [0.4, 0.5) is 4.39 Å². The Labute approximate surface area is 126 Å². The minimum atomic E-state index is -1.81. The highest BCUT2D eigenvalue weighted by molar-refractivity contribution is 9.10. The average molecular weight is 349 g/mol. The van der Waals surface area contributed by atoms with Gasteiger partial charge in [-0.25, -0.2) is 9.18 Å². The highest BCUT2D eigenvalue weighted by Gasteiger charge is 2.36. The number of ether oxygens (including phenoxy) is 2. The van der Waals surface area contributed by atoms with E-state index in [2.05, 4.69) is 15.9 Å². The number of hydrogen-bond donors (Lipinski definition) is 1. The lowest BCUT2D eigenvalue weighted by Crippen LogP contribution is -2.45. The lowest BCUT2D eigenvalue weighted by Gasteiger charge is -2.27. The number of esters is 1. The number of rotatable bonds is 4. The summed E-state index contributed by atoms with van der Waals surface area (Å²) in [6.45, 7) is 6.06. The maximum atomic E-state index is 13.3. The maximum Gasteiger partial charge on any atom is 0.341 e. The van der Waals surface area contributed by atoms with Crippen LogP contribution >= 0.6 is 15.9 Å². The molecule has 0 bridgehead atoms. The van der Waals surface area contributed by atoms with Gasteiger partial charge in [0.05, 0.1) is 4.47 Å². The molecule has 1 aromatic carbocycles. The summed E-state index contributed by atoms with van der Waals surface area (Å²) < 4.78 is 23.9. The largest absolute Gasteiger partial charge is 0.490 e. The van der Waals surface area contributed by atoms with Crippen LogP contribution in [0.3, 0.4) is 0 Å². The van der Waals surface area contributed by atoms with E-state index in [-0.39, 0.29) is 12.4 Å². The van der Waals surface area contributed by atoms with Crippen LogP contribution < -0.4 is 4.74 Å². The van der Waals surface area contributed by atoms with Gasteiger partial charge >= 0.3 is 5.97 Å². The quantitative estimate of drug-likeness (QED) is 0.849. The Morgan fingerprint density at radius 2 is 1.95 bits per heavy atom. The van der Waals surface area contributed by atoms with Gasteiger partial charge in [0.1, 0.15) is 23.8 Å². The molecule has 4 nitrogen and oxygen atoms in total. The third-order valence-electron chi connectivity index (χ3n) is 2.25. The lowest BCUT2D eigenvalue weighted by molar-refractivity contribution is -0.178. The molecule has 1 rings (SSSR count). The summed E-state index contributed by atoms with van der Waals surface area (Å²) in [5, 5.41) is 10.0. The fourth-order valence-corrected chi connectivity index (χ4v) is 1.48. The van der Waals surface area contributed by atoms with Gasteiger partial charge in [0.2, 0.25) is 0 Å². The smallest absolute Gasteiger partial charge is 0.341 e. The van der Waals surface area contributed by atoms with Gasteiger partial charge in [0.25, 0.3) is 0 Å². The van der Waals surface area contributed by atoms with E-state index in [1.165, 1.54) is 19.1 Å². The second-order valence-corrected chi connectivity index (χ2v) is 6.49. The zero-order valence-corrected chi connectivity index (χ0v) is 13.5. The molecule has 0 saturated heterocycles. The van der Waals surface area contributed by atoms with E-state index >= 15 is 0 Å². The van der Waals surface area contributed by atoms with Crippen molar-refractivity contribution in [1.82, 2.24) is 0 Å². The molecule has 1 atom stereocenters. The second-order valence-electron chi connectivity index (χ2n) is 5.64. The molecule has 1 aromatic rings. The van der Waals surface area contributed by atoms with Gasteiger partial charge in [0, 0.05) is 6.07 Å². The van der Waals surface area contributed by atoms with Gasteiger partial charge in [-0.3, -0.25) is 0 Å². The normalized spacial score (nSPS) is 14.6. The number of hydrogen-bond acceptors (Lipinski definition) is 4. The van der Waals surface area contributed by atoms with Gasteiger partial charge < -0.3 is 14.6 Å². The first kappa shape index (κ1) is 16.9. The molecule has 0 aliphatic heterocycles. The Bertz CT molecular complexity index is 494. The Morgan fingerprint density at radius 3 is 2.45 bits per heavy atom. The minimum Gasteiger partial charge on any atom is -0.490 e. The fraction of sp³-hybridized carbons (Fsp3) is 0.500. The van der Waals surface area contributed by atoms with Crippen molar-refractivity contribution in [3.05, 3.63) is 28.5 Å². The summed E-state index contributed by atoms with van der Waals surface area (Å²) in [4.78, 5) is 11.8. The van der Waals surface area contributed by atoms with Gasteiger partial charge in [-0.05, 0) is 55.8 Å². The summed E-state index contributed by atoms with van der Waals surface area (Å²) in [6.07, 6.45) is 0. The molecule has 0 aliphatic carbocycles. The molecular formula is C14H18BrFO4. The molecule has 20 heavy (non-hydrogen) atoms. The molecule has 0 saturated carbocycles. The first-order chi connectivity index (χ1) is 9.01. The summed E-state index contributed by atoms with van der Waals surface area (Å²) >= 11 is 3.02. The van der Waals surface area contributed by atoms with E-state index in [4.69, 9.17) is 9.47 Å². The summed E-state index contributed by atoms with van der Waals surface area (Å²) in [5.74, 6) is -1.06. The van der Waals surface area contributed by atoms with Crippen molar-refractivity contribution in [3.8, 4) is 5.75 Å². The number of benzene rings is 1. The van der Waals surface area contributed by atoms with Crippen molar-refractivity contribution < 1.29 is 23.8 Å². The third kappa shape index (κ3) is 5.09. The predicted octanol–water partition coefficient (Wildman–Crippen LogP) is 3.06. The fourth-order valence-electron chi connectivity index (χ4n) is 1.24. The van der Waals surface area contributed by atoms with Crippen molar-refractivity contribution >= 4 is 21.9 Å². The number of carbonyl (C=O) groups is 1. The van der Waals surface area contributed by atoms with Gasteiger partial charge in [-0.15, -0.1) is 0 Å². The van der Waals surface area contributed by atoms with Crippen LogP contribution in [0.15, 0.2) is 22.7 Å². The van der Waals surface area contributed by atoms with Crippen LogP contribution in [0.5, 0.6) is 5.75 Å². The average Bonchev–Trinajstić information content (AvgIpc) is 2.28. The highest BCUT2D eigenvalue weighted by atomic mass is 79.9. The van der Waals surface area contributed by atoms with Crippen LogP contribution in [-0.2, 0) is 9.53 Å². The van der Waals surface area contributed by atoms with Crippen molar-refractivity contribution in [2.45, 2.75) is 38.9 Å². The standard InChI is InChI=1S/C14H18BrFO4/c1-13(2,3)20-12(17)14(4,18)8-19-9-5-6-10(15)11(16)7-9/h5-7,18H,8H2,1-4H3/t14-/m0/s1. The molecule has 0 amide bonds. The molecule has 0 unspecified atom stereocenters. The summed E-state index contributed by atoms with van der Waals surface area (Å²) in [5.41, 5.74) is -2.51. The molecule has 6 heteroatoms. The second kappa shape index (κ2) is 6.10. The lowest BCUT2D eigenvalue weighted by atomic mass is 10.1. The van der Waals surface area contributed by atoms with Gasteiger partial charge in [-0.1, -0.05) is 0 Å². The number of halogens is 2. The van der Waals surface area contributed by atoms with Crippen molar-refractivity contribution in [1.29, 1.82) is 0 Å². The van der Waals surface area contributed by atoms with E-state index in [1.54, 1.807) is 20.8 Å². The van der Waals surface area contributed by atoms with Crippen molar-refractivity contribution in [2.24, 2.45) is 0 Å². The monoisotopic (exact) mass is 348 g/mol. The van der Waals surface area contributed by atoms with E-state index in [0.717, 1.165) is 6.07 Å². The maximum absolute atomic E-state index is 13.3. The molecule has 0 aliphatic rings. The first-order valence-corrected chi connectivity index (χ1v) is 6.84. The molecule has 0 spiro atoms. The van der Waals surface area contributed by atoms with Crippen LogP contribution in [0.2, 0.25) is 0 Å². The summed E-state index contributed by atoms with van der Waals surface area (Å²) in [7, 11) is 0. The van der Waals surface area contributed by atoms with Crippen LogP contribution in [0, 0.1) is 5.82 Å². The zero-order valence-electron chi connectivity index (χ0n) is 11.9. The van der Waals surface area contributed by atoms with Gasteiger partial charge in [0.15, 0.2) is 5.60 Å². The predicted molar refractivity (Wildman–Crippen MR) is 76.1 cm³/mol. The SMILES string of the molecule is CC(C)(C)OC(=O)[C@@](C)(O)COc1ccc(Br)c(F)c1. The van der Waals surface area contributed by atoms with Crippen LogP contribution in [0.1, 0.15) is 27.7 Å². The third-order valence-corrected chi connectivity index (χ3v) is 2.89. The Hall–Kier alpha value is -1.14. The van der Waals surface area contributed by atoms with E-state index < -0.39 is 23.0 Å². The highest BCUT2D eigenvalue weighted by Crippen LogP contribution is 2.22.